The van der Waals surface area contributed by atoms with E-state index < -0.39 is 0 Å². The number of thiazole rings is 1. The average molecular weight is 342 g/mol. The first-order chi connectivity index (χ1) is 11.7. The first kappa shape index (κ1) is 15.5. The normalized spacial score (nSPS) is 15.5. The van der Waals surface area contributed by atoms with E-state index in [-0.39, 0.29) is 6.04 Å². The number of aryl methyl sites for hydroxylation is 2. The summed E-state index contributed by atoms with van der Waals surface area (Å²) in [4.78, 5) is 10.7. The lowest BCUT2D eigenvalue weighted by Gasteiger charge is -2.16. The molecule has 0 unspecified atom stereocenters. The summed E-state index contributed by atoms with van der Waals surface area (Å²) >= 11 is 1.78. The Morgan fingerprint density at radius 2 is 2.25 bits per heavy atom. The smallest absolute Gasteiger partial charge is 0.161 e. The van der Waals surface area contributed by atoms with E-state index in [9.17, 15) is 0 Å². The topological polar surface area (TPSA) is 60.6 Å². The van der Waals surface area contributed by atoms with Gasteiger partial charge in [-0.25, -0.2) is 9.97 Å². The summed E-state index contributed by atoms with van der Waals surface area (Å²) in [5.74, 6) is 0.925. The lowest BCUT2D eigenvalue weighted by molar-refractivity contribution is 0.476. The van der Waals surface area contributed by atoms with Crippen molar-refractivity contribution in [2.45, 2.75) is 46.3 Å². The zero-order valence-corrected chi connectivity index (χ0v) is 15.1. The fourth-order valence-corrected chi connectivity index (χ4v) is 4.30. The molecule has 4 heterocycles. The third-order valence-corrected chi connectivity index (χ3v) is 5.79. The van der Waals surface area contributed by atoms with E-state index in [1.165, 1.54) is 10.6 Å². The van der Waals surface area contributed by atoms with Crippen molar-refractivity contribution in [3.8, 4) is 11.5 Å². The van der Waals surface area contributed by atoms with Crippen molar-refractivity contribution < 1.29 is 0 Å². The standard InChI is InChI=1S/C17H22N6S/c1-4-15(17-20-11(2)12(3)24-17)22-7-6-19-16(22)14-9-13-10-18-5-8-23(13)21-14/h6-7,9,15,18H,4-5,8,10H2,1-3H3/t15-/m1/s1. The van der Waals surface area contributed by atoms with E-state index in [4.69, 9.17) is 10.1 Å². The van der Waals surface area contributed by atoms with Crippen LogP contribution in [-0.4, -0.2) is 30.9 Å². The Bertz CT molecular complexity index is 815. The maximum absolute atomic E-state index is 4.77. The minimum Gasteiger partial charge on any atom is -0.320 e. The molecule has 0 fully saturated rings. The molecule has 0 radical (unpaired) electrons. The Balaban J connectivity index is 1.74. The van der Waals surface area contributed by atoms with Gasteiger partial charge in [-0.3, -0.25) is 4.68 Å². The third-order valence-electron chi connectivity index (χ3n) is 4.62. The van der Waals surface area contributed by atoms with Crippen LogP contribution in [0.2, 0.25) is 0 Å². The number of fused-ring (bicyclic) bond motifs is 1. The number of rotatable bonds is 4. The van der Waals surface area contributed by atoms with Gasteiger partial charge in [0.05, 0.1) is 24.0 Å². The third kappa shape index (κ3) is 2.57. The van der Waals surface area contributed by atoms with Crippen LogP contribution in [0.5, 0.6) is 0 Å². The van der Waals surface area contributed by atoms with E-state index in [0.717, 1.165) is 48.3 Å². The van der Waals surface area contributed by atoms with Crippen LogP contribution in [0.4, 0.5) is 0 Å². The largest absolute Gasteiger partial charge is 0.320 e. The molecule has 3 aromatic heterocycles. The van der Waals surface area contributed by atoms with Gasteiger partial charge < -0.3 is 9.88 Å². The van der Waals surface area contributed by atoms with Crippen molar-refractivity contribution in [3.63, 3.8) is 0 Å². The molecule has 7 heteroatoms. The molecule has 4 rings (SSSR count). The SMILES string of the molecule is CC[C@H](c1nc(C)c(C)s1)n1ccnc1-c1cc2n(n1)CCNC2. The molecule has 0 aromatic carbocycles. The molecule has 1 N–H and O–H groups in total. The average Bonchev–Trinajstić information content (AvgIpc) is 3.27. The van der Waals surface area contributed by atoms with Gasteiger partial charge in [0, 0.05) is 30.4 Å². The molecule has 24 heavy (non-hydrogen) atoms. The van der Waals surface area contributed by atoms with Crippen molar-refractivity contribution in [2.24, 2.45) is 0 Å². The molecule has 1 aliphatic heterocycles. The van der Waals surface area contributed by atoms with Crippen molar-refractivity contribution in [1.82, 2.24) is 29.6 Å². The molecule has 0 spiro atoms. The van der Waals surface area contributed by atoms with Crippen LogP contribution in [0.3, 0.4) is 0 Å². The maximum atomic E-state index is 4.77. The highest BCUT2D eigenvalue weighted by Crippen LogP contribution is 2.31. The predicted molar refractivity (Wildman–Crippen MR) is 95.2 cm³/mol. The monoisotopic (exact) mass is 342 g/mol. The molecule has 1 aliphatic rings. The Morgan fingerprint density at radius 1 is 1.38 bits per heavy atom. The van der Waals surface area contributed by atoms with Crippen LogP contribution < -0.4 is 5.32 Å². The second-order valence-corrected chi connectivity index (χ2v) is 7.43. The van der Waals surface area contributed by atoms with Gasteiger partial charge >= 0.3 is 0 Å². The van der Waals surface area contributed by atoms with Gasteiger partial charge in [-0.1, -0.05) is 6.92 Å². The number of hydrogen-bond donors (Lipinski definition) is 1. The molecule has 6 nitrogen and oxygen atoms in total. The highest BCUT2D eigenvalue weighted by atomic mass is 32.1. The van der Waals surface area contributed by atoms with E-state index in [1.54, 1.807) is 11.3 Å². The van der Waals surface area contributed by atoms with Crippen LogP contribution in [0.15, 0.2) is 18.5 Å². The lowest BCUT2D eigenvalue weighted by Crippen LogP contribution is -2.28. The zero-order valence-electron chi connectivity index (χ0n) is 14.3. The molecule has 0 aliphatic carbocycles. The van der Waals surface area contributed by atoms with Gasteiger partial charge in [0.2, 0.25) is 0 Å². The summed E-state index contributed by atoms with van der Waals surface area (Å²) in [5, 5.41) is 9.30. The van der Waals surface area contributed by atoms with Crippen LogP contribution >= 0.6 is 11.3 Å². The fourth-order valence-electron chi connectivity index (χ4n) is 3.20. The maximum Gasteiger partial charge on any atom is 0.161 e. The molecule has 0 saturated carbocycles. The molecular formula is C17H22N6S. The molecule has 0 bridgehead atoms. The summed E-state index contributed by atoms with van der Waals surface area (Å²) in [5.41, 5.74) is 3.29. The van der Waals surface area contributed by atoms with Gasteiger partial charge in [0.25, 0.3) is 0 Å². The van der Waals surface area contributed by atoms with Gasteiger partial charge in [0.15, 0.2) is 5.82 Å². The Hall–Kier alpha value is -1.99. The number of hydrogen-bond acceptors (Lipinski definition) is 5. The Morgan fingerprint density at radius 3 is 2.96 bits per heavy atom. The first-order valence-corrected chi connectivity index (χ1v) is 9.23. The Kier molecular flexibility index (Phi) is 3.97. The van der Waals surface area contributed by atoms with E-state index in [0.29, 0.717) is 0 Å². The van der Waals surface area contributed by atoms with E-state index in [1.807, 2.05) is 12.4 Å². The van der Waals surface area contributed by atoms with Crippen LogP contribution in [0, 0.1) is 13.8 Å². The minimum atomic E-state index is 0.205. The number of nitrogens with one attached hydrogen (secondary N) is 1. The molecule has 126 valence electrons. The molecule has 1 atom stereocenters. The van der Waals surface area contributed by atoms with Crippen molar-refractivity contribution in [3.05, 3.63) is 39.7 Å². The number of nitrogens with zero attached hydrogens (tertiary/aromatic N) is 5. The van der Waals surface area contributed by atoms with Gasteiger partial charge in [0.1, 0.15) is 10.7 Å². The van der Waals surface area contributed by atoms with Crippen LogP contribution in [-0.2, 0) is 13.1 Å². The molecular weight excluding hydrogens is 320 g/mol. The lowest BCUT2D eigenvalue weighted by atomic mass is 10.2. The highest BCUT2D eigenvalue weighted by Gasteiger charge is 2.22. The van der Waals surface area contributed by atoms with Crippen LogP contribution in [0.25, 0.3) is 11.5 Å². The molecule has 3 aromatic rings. The summed E-state index contributed by atoms with van der Waals surface area (Å²) in [6.45, 7) is 9.16. The molecule has 0 amide bonds. The summed E-state index contributed by atoms with van der Waals surface area (Å²) in [6.07, 6.45) is 4.89. The van der Waals surface area contributed by atoms with E-state index >= 15 is 0 Å². The highest BCUT2D eigenvalue weighted by molar-refractivity contribution is 7.11. The summed E-state index contributed by atoms with van der Waals surface area (Å²) in [7, 11) is 0. The second kappa shape index (κ2) is 6.14. The fraction of sp³-hybridized carbons (Fsp3) is 0.471. The van der Waals surface area contributed by atoms with Crippen LogP contribution in [0.1, 0.15) is 40.7 Å². The quantitative estimate of drug-likeness (QED) is 0.792. The van der Waals surface area contributed by atoms with Crippen molar-refractivity contribution >= 4 is 11.3 Å². The zero-order chi connectivity index (χ0) is 16.7. The number of aromatic nitrogens is 5. The minimum absolute atomic E-state index is 0.205. The Labute approximate surface area is 145 Å². The second-order valence-electron chi connectivity index (χ2n) is 6.20. The summed E-state index contributed by atoms with van der Waals surface area (Å²) < 4.78 is 4.31. The predicted octanol–water partition coefficient (Wildman–Crippen LogP) is 2.92. The van der Waals surface area contributed by atoms with Gasteiger partial charge in [-0.05, 0) is 26.3 Å². The van der Waals surface area contributed by atoms with Crippen molar-refractivity contribution in [2.75, 3.05) is 6.54 Å². The first-order valence-electron chi connectivity index (χ1n) is 8.42. The summed E-state index contributed by atoms with van der Waals surface area (Å²) in [6, 6.07) is 2.35. The number of imidazole rings is 1. The van der Waals surface area contributed by atoms with Gasteiger partial charge in [-0.15, -0.1) is 11.3 Å². The van der Waals surface area contributed by atoms with Gasteiger partial charge in [-0.2, -0.15) is 5.10 Å². The van der Waals surface area contributed by atoms with E-state index in [2.05, 4.69) is 46.4 Å². The molecule has 0 saturated heterocycles. The van der Waals surface area contributed by atoms with Crippen molar-refractivity contribution in [1.29, 1.82) is 0 Å².